The third-order valence-electron chi connectivity index (χ3n) is 3.71. The van der Waals surface area contributed by atoms with Gasteiger partial charge in [-0.1, -0.05) is 30.2 Å². The van der Waals surface area contributed by atoms with Gasteiger partial charge in [0.1, 0.15) is 0 Å². The monoisotopic (exact) mass is 267 g/mol. The quantitative estimate of drug-likeness (QED) is 0.857. The SMILES string of the molecule is C[C@H](N)[C@@H](Cc1ccc(Cl)cc1)OCC1CCC1. The standard InChI is InChI=1S/C15H22ClNO/c1-11(17)15(18-10-13-3-2-4-13)9-12-5-7-14(16)8-6-12/h5-8,11,13,15H,2-4,9-10,17H2,1H3/t11-,15+/m0/s1. The third kappa shape index (κ3) is 3.98. The van der Waals surface area contributed by atoms with Crippen LogP contribution in [0, 0.1) is 5.92 Å². The van der Waals surface area contributed by atoms with Crippen molar-refractivity contribution in [3.05, 3.63) is 34.9 Å². The number of hydrogen-bond donors (Lipinski definition) is 1. The molecule has 0 bridgehead atoms. The van der Waals surface area contributed by atoms with E-state index in [1.165, 1.54) is 24.8 Å². The molecule has 0 radical (unpaired) electrons. The van der Waals surface area contributed by atoms with Crippen molar-refractivity contribution >= 4 is 11.6 Å². The van der Waals surface area contributed by atoms with Crippen molar-refractivity contribution in [3.63, 3.8) is 0 Å². The Morgan fingerprint density at radius 3 is 2.50 bits per heavy atom. The van der Waals surface area contributed by atoms with Gasteiger partial charge in [0.05, 0.1) is 6.10 Å². The second-order valence-electron chi connectivity index (χ2n) is 5.36. The summed E-state index contributed by atoms with van der Waals surface area (Å²) >= 11 is 5.88. The normalized spacial score (nSPS) is 19.3. The first-order chi connectivity index (χ1) is 8.65. The van der Waals surface area contributed by atoms with Crippen molar-refractivity contribution in [2.45, 2.75) is 44.8 Å². The minimum absolute atomic E-state index is 0.0563. The van der Waals surface area contributed by atoms with E-state index in [-0.39, 0.29) is 12.1 Å². The summed E-state index contributed by atoms with van der Waals surface area (Å²) in [6, 6.07) is 7.98. The minimum atomic E-state index is 0.0563. The number of rotatable bonds is 6. The second kappa shape index (κ2) is 6.55. The van der Waals surface area contributed by atoms with Crippen molar-refractivity contribution in [2.24, 2.45) is 11.7 Å². The maximum absolute atomic E-state index is 6.01. The molecule has 0 spiro atoms. The van der Waals surface area contributed by atoms with E-state index in [0.29, 0.717) is 0 Å². The predicted octanol–water partition coefficient (Wildman–Crippen LogP) is 3.42. The topological polar surface area (TPSA) is 35.2 Å². The van der Waals surface area contributed by atoms with Gasteiger partial charge < -0.3 is 10.5 Å². The summed E-state index contributed by atoms with van der Waals surface area (Å²) in [5.74, 6) is 0.761. The minimum Gasteiger partial charge on any atom is -0.376 e. The molecule has 1 aliphatic rings. The van der Waals surface area contributed by atoms with Gasteiger partial charge in [0, 0.05) is 24.1 Å². The van der Waals surface area contributed by atoms with Gasteiger partial charge in [-0.3, -0.25) is 0 Å². The maximum Gasteiger partial charge on any atom is 0.0763 e. The average Bonchev–Trinajstić information content (AvgIpc) is 2.28. The molecular weight excluding hydrogens is 246 g/mol. The van der Waals surface area contributed by atoms with E-state index < -0.39 is 0 Å². The first kappa shape index (κ1) is 13.9. The Morgan fingerprint density at radius 2 is 2.00 bits per heavy atom. The molecular formula is C15H22ClNO. The summed E-state index contributed by atoms with van der Waals surface area (Å²) in [5.41, 5.74) is 7.24. The summed E-state index contributed by atoms with van der Waals surface area (Å²) in [6.07, 6.45) is 4.95. The summed E-state index contributed by atoms with van der Waals surface area (Å²) in [5, 5.41) is 0.770. The van der Waals surface area contributed by atoms with Crippen molar-refractivity contribution < 1.29 is 4.74 Å². The molecule has 2 atom stereocenters. The summed E-state index contributed by atoms with van der Waals surface area (Å²) < 4.78 is 5.98. The predicted molar refractivity (Wildman–Crippen MR) is 75.9 cm³/mol. The Hall–Kier alpha value is -0.570. The molecule has 0 saturated heterocycles. The number of benzene rings is 1. The van der Waals surface area contributed by atoms with Gasteiger partial charge in [-0.25, -0.2) is 0 Å². The highest BCUT2D eigenvalue weighted by Gasteiger charge is 2.21. The van der Waals surface area contributed by atoms with Crippen molar-refractivity contribution in [2.75, 3.05) is 6.61 Å². The molecule has 1 saturated carbocycles. The molecule has 0 aliphatic heterocycles. The molecule has 1 aromatic rings. The highest BCUT2D eigenvalue weighted by molar-refractivity contribution is 6.30. The van der Waals surface area contributed by atoms with Gasteiger partial charge >= 0.3 is 0 Å². The van der Waals surface area contributed by atoms with E-state index >= 15 is 0 Å². The van der Waals surface area contributed by atoms with Crippen LogP contribution in [-0.2, 0) is 11.2 Å². The molecule has 1 aromatic carbocycles. The van der Waals surface area contributed by atoms with Crippen LogP contribution in [0.2, 0.25) is 5.02 Å². The number of nitrogens with two attached hydrogens (primary N) is 1. The molecule has 0 heterocycles. The average molecular weight is 268 g/mol. The van der Waals surface area contributed by atoms with Crippen LogP contribution >= 0.6 is 11.6 Å². The number of ether oxygens (including phenoxy) is 1. The van der Waals surface area contributed by atoms with Gasteiger partial charge in [-0.05, 0) is 43.4 Å². The Morgan fingerprint density at radius 1 is 1.33 bits per heavy atom. The van der Waals surface area contributed by atoms with Crippen LogP contribution in [0.4, 0.5) is 0 Å². The molecule has 2 nitrogen and oxygen atoms in total. The number of halogens is 1. The molecule has 3 heteroatoms. The van der Waals surface area contributed by atoms with Crippen LogP contribution in [0.25, 0.3) is 0 Å². The van der Waals surface area contributed by atoms with E-state index in [0.717, 1.165) is 24.0 Å². The van der Waals surface area contributed by atoms with Crippen LogP contribution in [0.15, 0.2) is 24.3 Å². The highest BCUT2D eigenvalue weighted by atomic mass is 35.5. The smallest absolute Gasteiger partial charge is 0.0763 e. The van der Waals surface area contributed by atoms with Crippen LogP contribution < -0.4 is 5.73 Å². The van der Waals surface area contributed by atoms with Crippen LogP contribution in [0.1, 0.15) is 31.7 Å². The molecule has 100 valence electrons. The lowest BCUT2D eigenvalue weighted by Gasteiger charge is -2.29. The Bertz CT molecular complexity index is 359. The molecule has 2 N–H and O–H groups in total. The van der Waals surface area contributed by atoms with Gasteiger partial charge in [-0.2, -0.15) is 0 Å². The van der Waals surface area contributed by atoms with Gasteiger partial charge in [0.15, 0.2) is 0 Å². The molecule has 2 rings (SSSR count). The zero-order valence-corrected chi connectivity index (χ0v) is 11.7. The van der Waals surface area contributed by atoms with Crippen LogP contribution in [-0.4, -0.2) is 18.8 Å². The van der Waals surface area contributed by atoms with Crippen molar-refractivity contribution in [1.29, 1.82) is 0 Å². The maximum atomic E-state index is 6.01. The summed E-state index contributed by atoms with van der Waals surface area (Å²) in [7, 11) is 0. The van der Waals surface area contributed by atoms with Crippen molar-refractivity contribution in [3.8, 4) is 0 Å². The van der Waals surface area contributed by atoms with E-state index in [1.54, 1.807) is 0 Å². The van der Waals surface area contributed by atoms with E-state index in [9.17, 15) is 0 Å². The van der Waals surface area contributed by atoms with E-state index in [2.05, 4.69) is 0 Å². The van der Waals surface area contributed by atoms with Crippen LogP contribution in [0.5, 0.6) is 0 Å². The van der Waals surface area contributed by atoms with E-state index in [4.69, 9.17) is 22.1 Å². The largest absolute Gasteiger partial charge is 0.376 e. The second-order valence-corrected chi connectivity index (χ2v) is 5.79. The lowest BCUT2D eigenvalue weighted by molar-refractivity contribution is 0.000773. The fourth-order valence-electron chi connectivity index (χ4n) is 2.17. The summed E-state index contributed by atoms with van der Waals surface area (Å²) in [6.45, 7) is 2.88. The van der Waals surface area contributed by atoms with Gasteiger partial charge in [0.25, 0.3) is 0 Å². The molecule has 0 aromatic heterocycles. The van der Waals surface area contributed by atoms with Crippen LogP contribution in [0.3, 0.4) is 0 Å². The molecule has 1 aliphatic carbocycles. The van der Waals surface area contributed by atoms with Gasteiger partial charge in [-0.15, -0.1) is 0 Å². The molecule has 18 heavy (non-hydrogen) atoms. The Balaban J connectivity index is 1.86. The zero-order chi connectivity index (χ0) is 13.0. The fourth-order valence-corrected chi connectivity index (χ4v) is 2.29. The number of hydrogen-bond acceptors (Lipinski definition) is 2. The van der Waals surface area contributed by atoms with E-state index in [1.807, 2.05) is 31.2 Å². The highest BCUT2D eigenvalue weighted by Crippen LogP contribution is 2.27. The summed E-state index contributed by atoms with van der Waals surface area (Å²) in [4.78, 5) is 0. The first-order valence-corrected chi connectivity index (χ1v) is 7.14. The zero-order valence-electron chi connectivity index (χ0n) is 10.9. The third-order valence-corrected chi connectivity index (χ3v) is 3.96. The Kier molecular flexibility index (Phi) is 5.04. The van der Waals surface area contributed by atoms with Crippen molar-refractivity contribution in [1.82, 2.24) is 0 Å². The lowest BCUT2D eigenvalue weighted by atomic mass is 9.86. The fraction of sp³-hybridized carbons (Fsp3) is 0.600. The molecule has 0 amide bonds. The molecule has 1 fully saturated rings. The molecule has 0 unspecified atom stereocenters. The lowest BCUT2D eigenvalue weighted by Crippen LogP contribution is -2.37. The Labute approximate surface area is 114 Å². The first-order valence-electron chi connectivity index (χ1n) is 6.77. The van der Waals surface area contributed by atoms with Gasteiger partial charge in [0.2, 0.25) is 0 Å².